The minimum atomic E-state index is -0.708. The van der Waals surface area contributed by atoms with Gasteiger partial charge in [0.05, 0.1) is 38.5 Å². The van der Waals surface area contributed by atoms with E-state index < -0.39 is 29.8 Å². The summed E-state index contributed by atoms with van der Waals surface area (Å²) in [6.45, 7) is 5.26. The number of ether oxygens (including phenoxy) is 2. The van der Waals surface area contributed by atoms with Gasteiger partial charge in [0.25, 0.3) is 0 Å². The molecule has 2 aromatic rings. The lowest BCUT2D eigenvalue weighted by molar-refractivity contribution is -0.144. The highest BCUT2D eigenvalue weighted by molar-refractivity contribution is 9.10. The smallest absolute Gasteiger partial charge is 0.308 e. The SMILES string of the molecule is CCOC(=O)C[C@@H](N)c1ccc(F)cc1Br.CCOC(=O)C[C@@H](NC(=O)CC(C)=O)c1ccc(F)cc1Br. The molecule has 0 unspecified atom stereocenters. The molecule has 0 saturated heterocycles. The molecule has 8 nitrogen and oxygen atoms in total. The van der Waals surface area contributed by atoms with Crippen LogP contribution in [0.3, 0.4) is 0 Å². The van der Waals surface area contributed by atoms with Crippen LogP contribution >= 0.6 is 31.9 Å². The van der Waals surface area contributed by atoms with Gasteiger partial charge in [-0.15, -0.1) is 0 Å². The molecule has 0 radical (unpaired) electrons. The second kappa shape index (κ2) is 17.0. The van der Waals surface area contributed by atoms with Crippen molar-refractivity contribution in [1.29, 1.82) is 0 Å². The molecule has 0 heterocycles. The maximum atomic E-state index is 13.2. The zero-order chi connectivity index (χ0) is 28.8. The topological polar surface area (TPSA) is 125 Å². The molecule has 208 valence electrons. The van der Waals surface area contributed by atoms with E-state index in [4.69, 9.17) is 15.2 Å². The van der Waals surface area contributed by atoms with Crippen molar-refractivity contribution in [3.63, 3.8) is 0 Å². The van der Waals surface area contributed by atoms with Gasteiger partial charge < -0.3 is 20.5 Å². The number of carbonyl (C=O) groups is 4. The average Bonchev–Trinajstić information content (AvgIpc) is 2.78. The van der Waals surface area contributed by atoms with Crippen LogP contribution < -0.4 is 11.1 Å². The quantitative estimate of drug-likeness (QED) is 0.250. The van der Waals surface area contributed by atoms with Crippen molar-refractivity contribution in [2.75, 3.05) is 13.2 Å². The lowest BCUT2D eigenvalue weighted by atomic mass is 10.0. The third kappa shape index (κ3) is 12.2. The first-order valence-electron chi connectivity index (χ1n) is 11.6. The maximum absolute atomic E-state index is 13.2. The van der Waals surface area contributed by atoms with Crippen LogP contribution in [0.25, 0.3) is 0 Å². The third-order valence-electron chi connectivity index (χ3n) is 4.81. The third-order valence-corrected chi connectivity index (χ3v) is 6.19. The van der Waals surface area contributed by atoms with E-state index in [0.717, 1.165) is 0 Å². The standard InChI is InChI=1S/C15H17BrFNO4.C11H13BrFNO2/c1-3-22-15(21)8-13(18-14(20)6-9(2)19)11-5-4-10(17)7-12(11)16;1-2-16-11(15)6-10(14)8-4-3-7(13)5-9(8)12/h4-5,7,13H,3,6,8H2,1-2H3,(H,18,20);3-5,10H,2,6,14H2,1H3/t13-;10-/m11/s1. The van der Waals surface area contributed by atoms with Gasteiger partial charge >= 0.3 is 11.9 Å². The lowest BCUT2D eigenvalue weighted by Crippen LogP contribution is -2.31. The van der Waals surface area contributed by atoms with Crippen LogP contribution in [0.1, 0.15) is 63.2 Å². The number of nitrogens with two attached hydrogens (primary N) is 1. The monoisotopic (exact) mass is 662 g/mol. The van der Waals surface area contributed by atoms with E-state index in [0.29, 0.717) is 26.7 Å². The Balaban J connectivity index is 0.000000399. The summed E-state index contributed by atoms with van der Waals surface area (Å²) >= 11 is 6.41. The molecule has 0 fully saturated rings. The first-order valence-corrected chi connectivity index (χ1v) is 13.2. The first-order chi connectivity index (χ1) is 17.9. The Hall–Kier alpha value is -2.70. The normalized spacial score (nSPS) is 11.9. The van der Waals surface area contributed by atoms with Gasteiger partial charge in [-0.3, -0.25) is 19.2 Å². The van der Waals surface area contributed by atoms with E-state index >= 15 is 0 Å². The molecule has 2 atom stereocenters. The number of esters is 2. The number of carbonyl (C=O) groups excluding carboxylic acids is 4. The summed E-state index contributed by atoms with van der Waals surface area (Å²) in [5, 5.41) is 2.60. The molecule has 0 aromatic heterocycles. The van der Waals surface area contributed by atoms with Crippen molar-refractivity contribution >= 4 is 55.5 Å². The second-order valence-corrected chi connectivity index (χ2v) is 9.66. The molecule has 12 heteroatoms. The summed E-state index contributed by atoms with van der Waals surface area (Å²) < 4.78 is 36.7. The molecule has 0 aliphatic rings. The lowest BCUT2D eigenvalue weighted by Gasteiger charge is -2.19. The molecule has 0 saturated carbocycles. The zero-order valence-electron chi connectivity index (χ0n) is 21.2. The van der Waals surface area contributed by atoms with Crippen LogP contribution in [0.5, 0.6) is 0 Å². The fraction of sp³-hybridized carbons (Fsp3) is 0.385. The second-order valence-electron chi connectivity index (χ2n) is 7.96. The van der Waals surface area contributed by atoms with Gasteiger partial charge in [0.2, 0.25) is 5.91 Å². The number of Topliss-reactive ketones (excluding diaryl/α,β-unsaturated/α-hetero) is 1. The molecule has 3 N–H and O–H groups in total. The van der Waals surface area contributed by atoms with E-state index in [2.05, 4.69) is 37.2 Å². The largest absolute Gasteiger partial charge is 0.466 e. The van der Waals surface area contributed by atoms with E-state index in [-0.39, 0.29) is 43.4 Å². The molecule has 2 aromatic carbocycles. The molecule has 1 amide bonds. The van der Waals surface area contributed by atoms with E-state index in [9.17, 15) is 28.0 Å². The predicted molar refractivity (Wildman–Crippen MR) is 144 cm³/mol. The van der Waals surface area contributed by atoms with Crippen molar-refractivity contribution in [1.82, 2.24) is 5.32 Å². The first kappa shape index (κ1) is 33.3. The molecule has 0 bridgehead atoms. The number of rotatable bonds is 11. The highest BCUT2D eigenvalue weighted by Gasteiger charge is 2.22. The zero-order valence-corrected chi connectivity index (χ0v) is 24.4. The van der Waals surface area contributed by atoms with Crippen LogP contribution in [-0.4, -0.2) is 36.8 Å². The Bertz CT molecular complexity index is 1130. The van der Waals surface area contributed by atoms with E-state index in [1.165, 1.54) is 37.3 Å². The van der Waals surface area contributed by atoms with Crippen LogP contribution in [-0.2, 0) is 28.7 Å². The number of halogens is 4. The van der Waals surface area contributed by atoms with Gasteiger partial charge in [0.15, 0.2) is 0 Å². The van der Waals surface area contributed by atoms with Crippen molar-refractivity contribution in [2.24, 2.45) is 5.73 Å². The van der Waals surface area contributed by atoms with Crippen LogP contribution in [0.15, 0.2) is 45.3 Å². The Morgan fingerprint density at radius 3 is 1.79 bits per heavy atom. The summed E-state index contributed by atoms with van der Waals surface area (Å²) in [4.78, 5) is 45.7. The molecule has 0 aliphatic carbocycles. The number of nitrogens with one attached hydrogen (secondary N) is 1. The minimum absolute atomic E-state index is 0.0814. The highest BCUT2D eigenvalue weighted by atomic mass is 79.9. The van der Waals surface area contributed by atoms with Crippen molar-refractivity contribution in [2.45, 2.75) is 52.1 Å². The molecule has 0 spiro atoms. The Morgan fingerprint density at radius 2 is 1.34 bits per heavy atom. The van der Waals surface area contributed by atoms with Crippen molar-refractivity contribution in [3.8, 4) is 0 Å². The molecular formula is C26H30Br2F2N2O6. The highest BCUT2D eigenvalue weighted by Crippen LogP contribution is 2.27. The maximum Gasteiger partial charge on any atom is 0.308 e. The van der Waals surface area contributed by atoms with Crippen LogP contribution in [0, 0.1) is 11.6 Å². The van der Waals surface area contributed by atoms with Gasteiger partial charge in [-0.25, -0.2) is 8.78 Å². The number of ketones is 1. The Morgan fingerprint density at radius 1 is 0.868 bits per heavy atom. The van der Waals surface area contributed by atoms with Gasteiger partial charge in [-0.05, 0) is 56.2 Å². The summed E-state index contributed by atoms with van der Waals surface area (Å²) in [5.74, 6) is -2.43. The van der Waals surface area contributed by atoms with Gasteiger partial charge in [0, 0.05) is 15.0 Å². The molecule has 0 aliphatic heterocycles. The number of amides is 1. The van der Waals surface area contributed by atoms with Crippen molar-refractivity contribution < 1.29 is 37.4 Å². The molecule has 2 rings (SSSR count). The predicted octanol–water partition coefficient (Wildman–Crippen LogP) is 5.22. The van der Waals surface area contributed by atoms with Gasteiger partial charge in [-0.2, -0.15) is 0 Å². The fourth-order valence-electron chi connectivity index (χ4n) is 3.19. The summed E-state index contributed by atoms with van der Waals surface area (Å²) in [6, 6.07) is 6.93. The van der Waals surface area contributed by atoms with E-state index in [1.54, 1.807) is 19.9 Å². The Labute approximate surface area is 236 Å². The average molecular weight is 664 g/mol. The van der Waals surface area contributed by atoms with Crippen molar-refractivity contribution in [3.05, 3.63) is 68.1 Å². The molecule has 38 heavy (non-hydrogen) atoms. The number of hydrogen-bond acceptors (Lipinski definition) is 7. The van der Waals surface area contributed by atoms with Crippen LogP contribution in [0.4, 0.5) is 8.78 Å². The van der Waals surface area contributed by atoms with Crippen LogP contribution in [0.2, 0.25) is 0 Å². The van der Waals surface area contributed by atoms with Gasteiger partial charge in [-0.1, -0.05) is 44.0 Å². The Kier molecular flexibility index (Phi) is 14.9. The summed E-state index contributed by atoms with van der Waals surface area (Å²) in [5.41, 5.74) is 7.05. The summed E-state index contributed by atoms with van der Waals surface area (Å²) in [6.07, 6.45) is -0.308. The van der Waals surface area contributed by atoms with Gasteiger partial charge in [0.1, 0.15) is 17.4 Å². The van der Waals surface area contributed by atoms with E-state index in [1.807, 2.05) is 0 Å². The number of benzene rings is 2. The minimum Gasteiger partial charge on any atom is -0.466 e. The number of hydrogen-bond donors (Lipinski definition) is 2. The summed E-state index contributed by atoms with van der Waals surface area (Å²) in [7, 11) is 0. The fourth-order valence-corrected chi connectivity index (χ4v) is 4.46. The molecular weight excluding hydrogens is 634 g/mol.